The van der Waals surface area contributed by atoms with Crippen LogP contribution in [0.25, 0.3) is 0 Å². The molecule has 0 fully saturated rings. The second-order valence-corrected chi connectivity index (χ2v) is 7.17. The molecule has 0 aliphatic heterocycles. The summed E-state index contributed by atoms with van der Waals surface area (Å²) in [5, 5.41) is 5.18. The summed E-state index contributed by atoms with van der Waals surface area (Å²) in [6, 6.07) is 18.8. The van der Waals surface area contributed by atoms with Crippen LogP contribution in [0, 0.1) is 0 Å². The second kappa shape index (κ2) is 9.23. The second-order valence-electron chi connectivity index (χ2n) is 5.89. The lowest BCUT2D eigenvalue weighted by molar-refractivity contribution is 0.284. The van der Waals surface area contributed by atoms with Crippen LogP contribution >= 0.6 is 34.8 Å². The quantitative estimate of drug-likeness (QED) is 0.452. The molecule has 140 valence electrons. The van der Waals surface area contributed by atoms with Gasteiger partial charge in [0.1, 0.15) is 6.61 Å². The summed E-state index contributed by atoms with van der Waals surface area (Å²) in [6.07, 6.45) is 0. The first kappa shape index (κ1) is 19.7. The maximum atomic E-state index is 6.44. The summed E-state index contributed by atoms with van der Waals surface area (Å²) >= 11 is 18.4. The Morgan fingerprint density at radius 3 is 2.33 bits per heavy atom. The van der Waals surface area contributed by atoms with E-state index in [-0.39, 0.29) is 0 Å². The van der Waals surface area contributed by atoms with E-state index >= 15 is 0 Å². The Kier molecular flexibility index (Phi) is 6.73. The molecule has 0 atom stereocenters. The largest absolute Gasteiger partial charge is 0.493 e. The van der Waals surface area contributed by atoms with Gasteiger partial charge in [-0.1, -0.05) is 46.9 Å². The van der Waals surface area contributed by atoms with Gasteiger partial charge in [-0.3, -0.25) is 0 Å². The summed E-state index contributed by atoms with van der Waals surface area (Å²) in [4.78, 5) is 0. The third-order valence-electron chi connectivity index (χ3n) is 3.90. The highest BCUT2D eigenvalue weighted by molar-refractivity contribution is 6.32. The van der Waals surface area contributed by atoms with E-state index in [1.807, 2.05) is 60.7 Å². The first-order valence-electron chi connectivity index (χ1n) is 8.28. The fraction of sp³-hybridized carbons (Fsp3) is 0.143. The molecule has 3 rings (SSSR count). The summed E-state index contributed by atoms with van der Waals surface area (Å²) in [6.45, 7) is 0.936. The summed E-state index contributed by atoms with van der Waals surface area (Å²) < 4.78 is 11.3. The van der Waals surface area contributed by atoms with Gasteiger partial charge >= 0.3 is 0 Å². The Labute approximate surface area is 173 Å². The molecule has 1 N–H and O–H groups in total. The van der Waals surface area contributed by atoms with Crippen molar-refractivity contribution in [2.24, 2.45) is 0 Å². The van der Waals surface area contributed by atoms with E-state index in [9.17, 15) is 0 Å². The number of anilines is 1. The Morgan fingerprint density at radius 2 is 1.63 bits per heavy atom. The molecule has 0 heterocycles. The van der Waals surface area contributed by atoms with Gasteiger partial charge in [0.05, 0.1) is 12.1 Å². The van der Waals surface area contributed by atoms with Crippen molar-refractivity contribution in [3.05, 3.63) is 86.9 Å². The third-order valence-corrected chi connectivity index (χ3v) is 4.67. The van der Waals surface area contributed by atoms with Gasteiger partial charge in [-0.2, -0.15) is 0 Å². The lowest BCUT2D eigenvalue weighted by Crippen LogP contribution is -2.02. The average Bonchev–Trinajstić information content (AvgIpc) is 2.66. The molecule has 0 amide bonds. The third kappa shape index (κ3) is 5.46. The lowest BCUT2D eigenvalue weighted by Gasteiger charge is -2.15. The van der Waals surface area contributed by atoms with Crippen molar-refractivity contribution in [1.82, 2.24) is 0 Å². The number of hydrogen-bond donors (Lipinski definition) is 1. The minimum atomic E-state index is 0.346. The van der Waals surface area contributed by atoms with Gasteiger partial charge in [0.2, 0.25) is 0 Å². The fourth-order valence-electron chi connectivity index (χ4n) is 2.57. The zero-order valence-corrected chi connectivity index (χ0v) is 16.9. The number of rotatable bonds is 7. The smallest absolute Gasteiger partial charge is 0.180 e. The van der Waals surface area contributed by atoms with Crippen molar-refractivity contribution in [2.45, 2.75) is 13.2 Å². The van der Waals surface area contributed by atoms with Crippen molar-refractivity contribution >= 4 is 40.5 Å². The van der Waals surface area contributed by atoms with Crippen LogP contribution in [0.1, 0.15) is 11.1 Å². The Hall–Kier alpha value is -2.07. The van der Waals surface area contributed by atoms with Crippen LogP contribution < -0.4 is 14.8 Å². The van der Waals surface area contributed by atoms with E-state index in [2.05, 4.69) is 5.32 Å². The highest BCUT2D eigenvalue weighted by Crippen LogP contribution is 2.37. The number of methoxy groups -OCH3 is 1. The molecular weight excluding hydrogens is 405 g/mol. The average molecular weight is 423 g/mol. The van der Waals surface area contributed by atoms with Gasteiger partial charge in [0.15, 0.2) is 11.5 Å². The van der Waals surface area contributed by atoms with E-state index in [0.29, 0.717) is 39.7 Å². The lowest BCUT2D eigenvalue weighted by atomic mass is 10.2. The first-order valence-corrected chi connectivity index (χ1v) is 9.41. The molecule has 0 bridgehead atoms. The monoisotopic (exact) mass is 421 g/mol. The van der Waals surface area contributed by atoms with Gasteiger partial charge in [0.25, 0.3) is 0 Å². The van der Waals surface area contributed by atoms with Gasteiger partial charge in [-0.25, -0.2) is 0 Å². The minimum absolute atomic E-state index is 0.346. The van der Waals surface area contributed by atoms with Crippen LogP contribution in [0.5, 0.6) is 11.5 Å². The molecule has 3 aromatic carbocycles. The Morgan fingerprint density at radius 1 is 0.852 bits per heavy atom. The molecule has 3 nitrogen and oxygen atoms in total. The van der Waals surface area contributed by atoms with Crippen LogP contribution in [-0.4, -0.2) is 7.11 Å². The van der Waals surface area contributed by atoms with E-state index in [1.165, 1.54) is 0 Å². The summed E-state index contributed by atoms with van der Waals surface area (Å²) in [5.41, 5.74) is 2.90. The first-order chi connectivity index (χ1) is 13.0. The number of nitrogens with one attached hydrogen (secondary N) is 1. The van der Waals surface area contributed by atoms with Gasteiger partial charge in [0, 0.05) is 22.3 Å². The van der Waals surface area contributed by atoms with Crippen LogP contribution in [0.2, 0.25) is 15.1 Å². The normalized spacial score (nSPS) is 10.5. The highest BCUT2D eigenvalue weighted by Gasteiger charge is 2.12. The SMILES string of the molecule is COc1cc(CNc2ccc(Cl)cc2)cc(Cl)c1OCc1cccc(Cl)c1. The number of ether oxygens (including phenoxy) is 2. The van der Waals surface area contributed by atoms with Crippen molar-refractivity contribution < 1.29 is 9.47 Å². The molecular formula is C21H18Cl3NO2. The Balaban J connectivity index is 1.71. The zero-order chi connectivity index (χ0) is 19.2. The zero-order valence-electron chi connectivity index (χ0n) is 14.6. The van der Waals surface area contributed by atoms with Gasteiger partial charge < -0.3 is 14.8 Å². The minimum Gasteiger partial charge on any atom is -0.493 e. The molecule has 0 aliphatic rings. The van der Waals surface area contributed by atoms with E-state index in [1.54, 1.807) is 7.11 Å². The topological polar surface area (TPSA) is 30.5 Å². The maximum absolute atomic E-state index is 6.44. The molecule has 0 aliphatic carbocycles. The van der Waals surface area contributed by atoms with Crippen molar-refractivity contribution in [3.8, 4) is 11.5 Å². The van der Waals surface area contributed by atoms with Crippen molar-refractivity contribution in [3.63, 3.8) is 0 Å². The fourth-order valence-corrected chi connectivity index (χ4v) is 3.20. The van der Waals surface area contributed by atoms with Crippen molar-refractivity contribution in [2.75, 3.05) is 12.4 Å². The van der Waals surface area contributed by atoms with Crippen LogP contribution in [-0.2, 0) is 13.2 Å². The van der Waals surface area contributed by atoms with Crippen LogP contribution in [0.15, 0.2) is 60.7 Å². The van der Waals surface area contributed by atoms with E-state index < -0.39 is 0 Å². The molecule has 6 heteroatoms. The standard InChI is InChI=1S/C21H18Cl3NO2/c1-26-20-11-15(12-25-18-7-5-16(22)6-8-18)10-19(24)21(20)27-13-14-3-2-4-17(23)9-14/h2-11,25H,12-13H2,1H3. The molecule has 0 radical (unpaired) electrons. The van der Waals surface area contributed by atoms with Gasteiger partial charge in [-0.05, 0) is 59.7 Å². The number of benzene rings is 3. The number of halogens is 3. The van der Waals surface area contributed by atoms with Crippen molar-refractivity contribution in [1.29, 1.82) is 0 Å². The molecule has 3 aromatic rings. The molecule has 0 saturated heterocycles. The number of hydrogen-bond acceptors (Lipinski definition) is 3. The molecule has 0 unspecified atom stereocenters. The predicted molar refractivity (Wildman–Crippen MR) is 113 cm³/mol. The highest BCUT2D eigenvalue weighted by atomic mass is 35.5. The van der Waals surface area contributed by atoms with Gasteiger partial charge in [-0.15, -0.1) is 0 Å². The maximum Gasteiger partial charge on any atom is 0.180 e. The Bertz CT molecular complexity index is 914. The van der Waals surface area contributed by atoms with Crippen LogP contribution in [0.3, 0.4) is 0 Å². The molecule has 0 aromatic heterocycles. The summed E-state index contributed by atoms with van der Waals surface area (Å²) in [7, 11) is 1.59. The predicted octanol–water partition coefficient (Wildman–Crippen LogP) is 6.85. The molecule has 0 spiro atoms. The molecule has 0 saturated carbocycles. The van der Waals surface area contributed by atoms with E-state index in [4.69, 9.17) is 44.3 Å². The van der Waals surface area contributed by atoms with Crippen LogP contribution in [0.4, 0.5) is 5.69 Å². The van der Waals surface area contributed by atoms with E-state index in [0.717, 1.165) is 16.8 Å². The molecule has 27 heavy (non-hydrogen) atoms. The summed E-state index contributed by atoms with van der Waals surface area (Å²) in [5.74, 6) is 1.09.